The number of ether oxygens (including phenoxy) is 1. The molecule has 1 aromatic carbocycles. The van der Waals surface area contributed by atoms with Crippen molar-refractivity contribution >= 4 is 23.0 Å². The van der Waals surface area contributed by atoms with Crippen molar-refractivity contribution in [3.8, 4) is 5.75 Å². The first kappa shape index (κ1) is 14.0. The summed E-state index contributed by atoms with van der Waals surface area (Å²) in [5.41, 5.74) is 7.61. The van der Waals surface area contributed by atoms with Gasteiger partial charge in [0.15, 0.2) is 0 Å². The Morgan fingerprint density at radius 1 is 1.50 bits per heavy atom. The smallest absolute Gasteiger partial charge is 0.316 e. The van der Waals surface area contributed by atoms with Gasteiger partial charge in [-0.05, 0) is 12.1 Å². The number of urea groups is 1. The van der Waals surface area contributed by atoms with E-state index in [9.17, 15) is 4.79 Å². The maximum absolute atomic E-state index is 11.5. The van der Waals surface area contributed by atoms with Gasteiger partial charge in [0.1, 0.15) is 5.75 Å². The van der Waals surface area contributed by atoms with Gasteiger partial charge in [-0.25, -0.2) is 9.78 Å². The number of nitrogens with two attached hydrogens (primary N) is 1. The van der Waals surface area contributed by atoms with Gasteiger partial charge < -0.3 is 25.3 Å². The van der Waals surface area contributed by atoms with Crippen molar-refractivity contribution in [2.45, 2.75) is 6.54 Å². The number of fused-ring (bicyclic) bond motifs is 1. The highest BCUT2D eigenvalue weighted by atomic mass is 16.5. The minimum absolute atomic E-state index is 0.134. The topological polar surface area (TPSA) is 85.4 Å². The van der Waals surface area contributed by atoms with Crippen LogP contribution >= 0.6 is 0 Å². The summed E-state index contributed by atoms with van der Waals surface area (Å²) in [5, 5.41) is 2.79. The number of aromatic nitrogens is 2. The Bertz CT molecular complexity index is 620. The molecular formula is C13H19N5O2. The molecule has 2 amide bonds. The fourth-order valence-electron chi connectivity index (χ4n) is 1.92. The summed E-state index contributed by atoms with van der Waals surface area (Å²) in [7, 11) is 5.00. The summed E-state index contributed by atoms with van der Waals surface area (Å²) < 4.78 is 7.06. The van der Waals surface area contributed by atoms with E-state index in [2.05, 4.69) is 10.3 Å². The molecule has 0 radical (unpaired) electrons. The van der Waals surface area contributed by atoms with Crippen LogP contribution in [0.25, 0.3) is 11.0 Å². The molecule has 0 saturated carbocycles. The standard InChI is InChI=1S/C13H19N5O2/c1-17(2)13(19)15-6-7-18-11-8-9(20-3)4-5-10(11)16-12(18)14/h4-5,8H,6-7H2,1-3H3,(H2,14,16)(H,15,19). The number of benzene rings is 1. The van der Waals surface area contributed by atoms with Crippen LogP contribution in [0, 0.1) is 0 Å². The van der Waals surface area contributed by atoms with Gasteiger partial charge in [0.05, 0.1) is 18.1 Å². The SMILES string of the molecule is COc1ccc2nc(N)n(CCNC(=O)N(C)C)c2c1. The number of carbonyl (C=O) groups excluding carboxylic acids is 1. The minimum atomic E-state index is -0.134. The normalized spacial score (nSPS) is 10.6. The molecule has 0 atom stereocenters. The number of nitrogens with one attached hydrogen (secondary N) is 1. The Kier molecular flexibility index (Phi) is 3.97. The molecular weight excluding hydrogens is 258 g/mol. The van der Waals surface area contributed by atoms with Gasteiger partial charge in [-0.1, -0.05) is 0 Å². The van der Waals surface area contributed by atoms with E-state index >= 15 is 0 Å². The predicted molar refractivity (Wildman–Crippen MR) is 77.8 cm³/mol. The highest BCUT2D eigenvalue weighted by Crippen LogP contribution is 2.22. The van der Waals surface area contributed by atoms with Crippen molar-refractivity contribution in [1.29, 1.82) is 0 Å². The molecule has 1 aromatic heterocycles. The molecule has 7 nitrogen and oxygen atoms in total. The van der Waals surface area contributed by atoms with Crippen molar-refractivity contribution < 1.29 is 9.53 Å². The third-order valence-electron chi connectivity index (χ3n) is 3.00. The van der Waals surface area contributed by atoms with Crippen molar-refractivity contribution in [3.63, 3.8) is 0 Å². The van der Waals surface area contributed by atoms with Gasteiger partial charge in [0.25, 0.3) is 0 Å². The van der Waals surface area contributed by atoms with E-state index in [-0.39, 0.29) is 6.03 Å². The number of nitrogen functional groups attached to an aromatic ring is 1. The molecule has 2 rings (SSSR count). The van der Waals surface area contributed by atoms with Crippen LogP contribution in [0.1, 0.15) is 0 Å². The highest BCUT2D eigenvalue weighted by Gasteiger charge is 2.09. The van der Waals surface area contributed by atoms with Gasteiger partial charge in [-0.3, -0.25) is 0 Å². The summed E-state index contributed by atoms with van der Waals surface area (Å²) in [6.45, 7) is 1.03. The number of hydrogen-bond donors (Lipinski definition) is 2. The number of anilines is 1. The zero-order valence-corrected chi connectivity index (χ0v) is 11.9. The average Bonchev–Trinajstić information content (AvgIpc) is 2.74. The van der Waals surface area contributed by atoms with Crippen LogP contribution in [0.4, 0.5) is 10.7 Å². The molecule has 20 heavy (non-hydrogen) atoms. The quantitative estimate of drug-likeness (QED) is 0.869. The number of rotatable bonds is 4. The second kappa shape index (κ2) is 5.68. The fraction of sp³-hybridized carbons (Fsp3) is 0.385. The largest absolute Gasteiger partial charge is 0.497 e. The van der Waals surface area contributed by atoms with Gasteiger partial charge >= 0.3 is 6.03 Å². The summed E-state index contributed by atoms with van der Waals surface area (Å²) >= 11 is 0. The lowest BCUT2D eigenvalue weighted by Crippen LogP contribution is -2.36. The van der Waals surface area contributed by atoms with Crippen LogP contribution in [0.5, 0.6) is 5.75 Å². The number of nitrogens with zero attached hydrogens (tertiary/aromatic N) is 3. The molecule has 108 valence electrons. The van der Waals surface area contributed by atoms with E-state index in [1.54, 1.807) is 21.2 Å². The Hall–Kier alpha value is -2.44. The Morgan fingerprint density at radius 3 is 2.90 bits per heavy atom. The molecule has 0 unspecified atom stereocenters. The molecule has 7 heteroatoms. The number of methoxy groups -OCH3 is 1. The second-order valence-corrected chi connectivity index (χ2v) is 4.60. The molecule has 0 aliphatic rings. The minimum Gasteiger partial charge on any atom is -0.497 e. The molecule has 0 fully saturated rings. The van der Waals surface area contributed by atoms with E-state index in [1.807, 2.05) is 22.8 Å². The predicted octanol–water partition coefficient (Wildman–Crippen LogP) is 0.898. The molecule has 0 aliphatic heterocycles. The van der Waals surface area contributed by atoms with Gasteiger partial charge in [-0.2, -0.15) is 0 Å². The van der Waals surface area contributed by atoms with E-state index in [1.165, 1.54) is 4.90 Å². The molecule has 3 N–H and O–H groups in total. The second-order valence-electron chi connectivity index (χ2n) is 4.60. The van der Waals surface area contributed by atoms with Gasteiger partial charge in [0.2, 0.25) is 5.95 Å². The van der Waals surface area contributed by atoms with E-state index in [0.717, 1.165) is 16.8 Å². The lowest BCUT2D eigenvalue weighted by molar-refractivity contribution is 0.217. The zero-order valence-electron chi connectivity index (χ0n) is 11.9. The maximum atomic E-state index is 11.5. The number of carbonyl (C=O) groups is 1. The Morgan fingerprint density at radius 2 is 2.25 bits per heavy atom. The van der Waals surface area contributed by atoms with Crippen molar-refractivity contribution in [2.75, 3.05) is 33.5 Å². The van der Waals surface area contributed by atoms with E-state index in [0.29, 0.717) is 19.0 Å². The summed E-state index contributed by atoms with van der Waals surface area (Å²) in [6.07, 6.45) is 0. The van der Waals surface area contributed by atoms with Crippen LogP contribution in [-0.4, -0.2) is 48.2 Å². The van der Waals surface area contributed by atoms with Gasteiger partial charge in [-0.15, -0.1) is 0 Å². The van der Waals surface area contributed by atoms with Crippen LogP contribution in [0.3, 0.4) is 0 Å². The number of hydrogen-bond acceptors (Lipinski definition) is 4. The highest BCUT2D eigenvalue weighted by molar-refractivity contribution is 5.80. The first-order valence-corrected chi connectivity index (χ1v) is 6.28. The van der Waals surface area contributed by atoms with Crippen molar-refractivity contribution in [1.82, 2.24) is 19.8 Å². The van der Waals surface area contributed by atoms with Crippen LogP contribution in [0.2, 0.25) is 0 Å². The summed E-state index contributed by atoms with van der Waals surface area (Å²) in [5.74, 6) is 1.17. The first-order valence-electron chi connectivity index (χ1n) is 6.28. The first-order chi connectivity index (χ1) is 9.52. The third-order valence-corrected chi connectivity index (χ3v) is 3.00. The molecule has 0 aliphatic carbocycles. The summed E-state index contributed by atoms with van der Waals surface area (Å²) in [6, 6.07) is 5.45. The van der Waals surface area contributed by atoms with Crippen LogP contribution in [0.15, 0.2) is 18.2 Å². The average molecular weight is 277 g/mol. The lowest BCUT2D eigenvalue weighted by atomic mass is 10.3. The molecule has 0 bridgehead atoms. The maximum Gasteiger partial charge on any atom is 0.316 e. The van der Waals surface area contributed by atoms with Crippen LogP contribution < -0.4 is 15.8 Å². The molecule has 2 aromatic rings. The van der Waals surface area contributed by atoms with Crippen molar-refractivity contribution in [2.24, 2.45) is 0 Å². The van der Waals surface area contributed by atoms with Crippen LogP contribution in [-0.2, 0) is 6.54 Å². The number of imidazole rings is 1. The Labute approximate surface area is 117 Å². The van der Waals surface area contributed by atoms with Crippen molar-refractivity contribution in [3.05, 3.63) is 18.2 Å². The zero-order chi connectivity index (χ0) is 14.7. The third kappa shape index (κ3) is 2.76. The molecule has 0 spiro atoms. The number of amides is 2. The van der Waals surface area contributed by atoms with E-state index < -0.39 is 0 Å². The van der Waals surface area contributed by atoms with E-state index in [4.69, 9.17) is 10.5 Å². The fourth-order valence-corrected chi connectivity index (χ4v) is 1.92. The van der Waals surface area contributed by atoms with Gasteiger partial charge in [0, 0.05) is 33.3 Å². The molecule has 0 saturated heterocycles. The monoisotopic (exact) mass is 277 g/mol. The summed E-state index contributed by atoms with van der Waals surface area (Å²) in [4.78, 5) is 17.2. The lowest BCUT2D eigenvalue weighted by Gasteiger charge is -2.13. The molecule has 1 heterocycles. The Balaban J connectivity index is 2.16.